The molecule has 1 amide bonds. The number of primary amides is 1. The summed E-state index contributed by atoms with van der Waals surface area (Å²) in [7, 11) is 0. The van der Waals surface area contributed by atoms with Crippen molar-refractivity contribution in [1.29, 1.82) is 0 Å². The van der Waals surface area contributed by atoms with Gasteiger partial charge in [-0.2, -0.15) is 0 Å². The highest BCUT2D eigenvalue weighted by molar-refractivity contribution is 14.1. The normalized spacial score (nSPS) is 11.3. The Morgan fingerprint density at radius 2 is 1.27 bits per heavy atom. The highest BCUT2D eigenvalue weighted by atomic mass is 127. The van der Waals surface area contributed by atoms with E-state index in [1.165, 1.54) is 0 Å². The standard InChI is InChI=1S/C14H14I3NO8/c15-7-5(11(21)22)8(16)10(9(17)6(7)12(23)24)26-14(1-3-19,2-4-20)13(18)25/h19-20H,1-4H2,(H2,18,25)(H,21,22)(H,23,24). The lowest BCUT2D eigenvalue weighted by molar-refractivity contribution is -0.136. The maximum absolute atomic E-state index is 12.0. The zero-order valence-electron chi connectivity index (χ0n) is 13.0. The van der Waals surface area contributed by atoms with E-state index in [0.717, 1.165) is 0 Å². The average molecular weight is 705 g/mol. The van der Waals surface area contributed by atoms with E-state index in [-0.39, 0.29) is 40.4 Å². The van der Waals surface area contributed by atoms with E-state index in [1.807, 2.05) is 0 Å². The first kappa shape index (κ1) is 23.6. The summed E-state index contributed by atoms with van der Waals surface area (Å²) in [5, 5.41) is 37.4. The van der Waals surface area contributed by atoms with E-state index in [0.29, 0.717) is 0 Å². The number of aliphatic hydroxyl groups excluding tert-OH is 2. The van der Waals surface area contributed by atoms with Crippen molar-refractivity contribution in [2.45, 2.75) is 18.4 Å². The molecule has 0 unspecified atom stereocenters. The van der Waals surface area contributed by atoms with Gasteiger partial charge in [0.1, 0.15) is 5.75 Å². The molecule has 0 radical (unpaired) electrons. The summed E-state index contributed by atoms with van der Waals surface area (Å²) in [6.45, 7) is -0.976. The van der Waals surface area contributed by atoms with Crippen LogP contribution in [0.5, 0.6) is 5.75 Å². The number of amides is 1. The Hall–Kier alpha value is -0.460. The number of ether oxygens (including phenoxy) is 1. The van der Waals surface area contributed by atoms with Crippen molar-refractivity contribution in [3.8, 4) is 5.75 Å². The molecule has 0 aliphatic rings. The predicted molar refractivity (Wildman–Crippen MR) is 114 cm³/mol. The molecule has 1 aromatic rings. The van der Waals surface area contributed by atoms with Gasteiger partial charge < -0.3 is 30.9 Å². The van der Waals surface area contributed by atoms with Crippen LogP contribution in [0.1, 0.15) is 33.6 Å². The lowest BCUT2D eigenvalue weighted by Crippen LogP contribution is -2.50. The first-order valence-electron chi connectivity index (χ1n) is 6.91. The molecule has 0 aromatic heterocycles. The van der Waals surface area contributed by atoms with E-state index in [2.05, 4.69) is 0 Å². The summed E-state index contributed by atoms with van der Waals surface area (Å²) >= 11 is 4.99. The van der Waals surface area contributed by atoms with Gasteiger partial charge in [-0.15, -0.1) is 0 Å². The second-order valence-electron chi connectivity index (χ2n) is 5.04. The largest absolute Gasteiger partial charge is 0.478 e. The van der Waals surface area contributed by atoms with E-state index in [4.69, 9.17) is 10.5 Å². The molecule has 0 aliphatic heterocycles. The summed E-state index contributed by atoms with van der Waals surface area (Å²) in [6, 6.07) is 0. The summed E-state index contributed by atoms with van der Waals surface area (Å²) in [5.74, 6) is -3.85. The minimum Gasteiger partial charge on any atom is -0.478 e. The Bertz CT molecular complexity index is 705. The minimum absolute atomic E-state index is 0.0118. The molecule has 1 rings (SSSR count). The van der Waals surface area contributed by atoms with Crippen LogP contribution in [0.2, 0.25) is 0 Å². The number of aliphatic hydroxyl groups is 2. The molecular formula is C14H14I3NO8. The van der Waals surface area contributed by atoms with Crippen molar-refractivity contribution < 1.29 is 39.5 Å². The van der Waals surface area contributed by atoms with Gasteiger partial charge in [-0.1, -0.05) is 0 Å². The first-order valence-corrected chi connectivity index (χ1v) is 10.1. The Kier molecular flexibility index (Phi) is 8.75. The molecule has 0 saturated carbocycles. The fraction of sp³-hybridized carbons (Fsp3) is 0.357. The number of hydrogen-bond acceptors (Lipinski definition) is 6. The molecule has 12 heteroatoms. The molecule has 1 aromatic carbocycles. The van der Waals surface area contributed by atoms with Crippen molar-refractivity contribution in [2.24, 2.45) is 5.73 Å². The maximum Gasteiger partial charge on any atom is 0.338 e. The number of hydrogen-bond donors (Lipinski definition) is 5. The Labute approximate surface area is 188 Å². The van der Waals surface area contributed by atoms with Crippen LogP contribution < -0.4 is 10.5 Å². The molecule has 26 heavy (non-hydrogen) atoms. The first-order chi connectivity index (χ1) is 12.0. The highest BCUT2D eigenvalue weighted by Gasteiger charge is 2.41. The van der Waals surface area contributed by atoms with Gasteiger partial charge in [0.15, 0.2) is 5.60 Å². The summed E-state index contributed by atoms with van der Waals surface area (Å²) in [6.07, 6.45) is -0.516. The van der Waals surface area contributed by atoms with Crippen molar-refractivity contribution in [1.82, 2.24) is 0 Å². The third-order valence-corrected chi connectivity index (χ3v) is 6.62. The minimum atomic E-state index is -1.82. The molecule has 0 saturated heterocycles. The molecule has 0 aliphatic carbocycles. The highest BCUT2D eigenvalue weighted by Crippen LogP contribution is 2.40. The van der Waals surface area contributed by atoms with Gasteiger partial charge in [0.25, 0.3) is 5.91 Å². The number of carbonyl (C=O) groups is 3. The second kappa shape index (κ2) is 9.65. The Balaban J connectivity index is 3.78. The fourth-order valence-electron chi connectivity index (χ4n) is 2.19. The zero-order valence-corrected chi connectivity index (χ0v) is 19.4. The summed E-state index contributed by atoms with van der Waals surface area (Å²) in [4.78, 5) is 35.2. The van der Waals surface area contributed by atoms with Crippen LogP contribution in [0.4, 0.5) is 0 Å². The molecule has 0 spiro atoms. The number of carboxylic acid groups (broad SMARTS) is 2. The van der Waals surface area contributed by atoms with Crippen LogP contribution in [0.25, 0.3) is 0 Å². The number of nitrogens with two attached hydrogens (primary N) is 1. The predicted octanol–water partition coefficient (Wildman–Crippen LogP) is 1.26. The molecule has 0 bridgehead atoms. The summed E-state index contributed by atoms with van der Waals surface area (Å²) in [5.41, 5.74) is 3.00. The number of benzene rings is 1. The average Bonchev–Trinajstić information content (AvgIpc) is 2.50. The van der Waals surface area contributed by atoms with Gasteiger partial charge in [0.05, 0.1) is 18.3 Å². The second-order valence-corrected chi connectivity index (χ2v) is 8.28. The van der Waals surface area contributed by atoms with Crippen LogP contribution in [0.3, 0.4) is 0 Å². The molecule has 0 fully saturated rings. The number of halogens is 3. The lowest BCUT2D eigenvalue weighted by Gasteiger charge is -2.32. The van der Waals surface area contributed by atoms with Crippen molar-refractivity contribution in [3.63, 3.8) is 0 Å². The summed E-state index contributed by atoms with van der Waals surface area (Å²) < 4.78 is 5.87. The van der Waals surface area contributed by atoms with E-state index < -0.39 is 36.7 Å². The number of rotatable bonds is 9. The van der Waals surface area contributed by atoms with E-state index in [1.54, 1.807) is 67.8 Å². The van der Waals surface area contributed by atoms with Gasteiger partial charge in [0.2, 0.25) is 0 Å². The van der Waals surface area contributed by atoms with Crippen LogP contribution >= 0.6 is 67.8 Å². The van der Waals surface area contributed by atoms with Gasteiger partial charge in [-0.25, -0.2) is 9.59 Å². The third-order valence-electron chi connectivity index (χ3n) is 3.48. The van der Waals surface area contributed by atoms with Crippen LogP contribution in [0, 0.1) is 10.7 Å². The van der Waals surface area contributed by atoms with Gasteiger partial charge in [0, 0.05) is 29.6 Å². The van der Waals surface area contributed by atoms with Crippen LogP contribution in [-0.2, 0) is 4.79 Å². The smallest absolute Gasteiger partial charge is 0.338 e. The monoisotopic (exact) mass is 705 g/mol. The fourth-order valence-corrected chi connectivity index (χ4v) is 6.50. The van der Waals surface area contributed by atoms with Crippen LogP contribution in [-0.4, -0.2) is 57.1 Å². The zero-order chi connectivity index (χ0) is 20.2. The van der Waals surface area contributed by atoms with E-state index in [9.17, 15) is 34.8 Å². The van der Waals surface area contributed by atoms with Crippen LogP contribution in [0.15, 0.2) is 0 Å². The van der Waals surface area contributed by atoms with E-state index >= 15 is 0 Å². The van der Waals surface area contributed by atoms with Crippen molar-refractivity contribution in [2.75, 3.05) is 13.2 Å². The Morgan fingerprint density at radius 1 is 0.885 bits per heavy atom. The molecule has 9 nitrogen and oxygen atoms in total. The quantitative estimate of drug-likeness (QED) is 0.240. The molecule has 144 valence electrons. The SMILES string of the molecule is NC(=O)C(CCO)(CCO)Oc1c(I)c(C(=O)O)c(I)c(C(=O)O)c1I. The molecule has 6 N–H and O–H groups in total. The van der Waals surface area contributed by atoms with Gasteiger partial charge in [-0.3, -0.25) is 4.79 Å². The molecule has 0 heterocycles. The molecular weight excluding hydrogens is 691 g/mol. The van der Waals surface area contributed by atoms with Crippen molar-refractivity contribution >= 4 is 85.6 Å². The maximum atomic E-state index is 12.0. The number of aromatic carboxylic acids is 2. The Morgan fingerprint density at radius 3 is 1.54 bits per heavy atom. The van der Waals surface area contributed by atoms with Gasteiger partial charge >= 0.3 is 11.9 Å². The number of carbonyl (C=O) groups excluding carboxylic acids is 1. The topological polar surface area (TPSA) is 167 Å². The van der Waals surface area contributed by atoms with Gasteiger partial charge in [-0.05, 0) is 67.8 Å². The third kappa shape index (κ3) is 4.68. The van der Waals surface area contributed by atoms with Crippen molar-refractivity contribution in [3.05, 3.63) is 21.8 Å². The lowest BCUT2D eigenvalue weighted by atomic mass is 9.94. The number of carboxylic acids is 2. The molecule has 0 atom stereocenters.